The number of fused-ring (bicyclic) bond motifs is 8. The standard InChI is InChI=1S/C45H47F2N5O7S2/c1-28-12-15-33(16-13-28)61(56,57)52-22-18-34-35-19-23-60(54,55)50-44(3,4)20-9-21-45(5,31-11-8-10-30(25-31)24-29(2)42(53)58-7)43-48-41(51(6)49-43)36-26-32(14-17-37(36)46)59-40(35)38(47)27-39(34)52/h8,10-19,22-23,25-27,29,50H,9,20-21,24H2,1-7H3/b23-19-/t29-,45?/m0/s1. The van der Waals surface area contributed by atoms with Crippen molar-refractivity contribution in [3.63, 3.8) is 0 Å². The Labute approximate surface area is 354 Å². The van der Waals surface area contributed by atoms with Crippen LogP contribution in [0.1, 0.15) is 75.0 Å². The predicted octanol–water partition coefficient (Wildman–Crippen LogP) is 8.56. The Morgan fingerprint density at radius 2 is 1.74 bits per heavy atom. The average Bonchev–Trinajstić information content (AvgIpc) is 3.81. The van der Waals surface area contributed by atoms with Gasteiger partial charge in [0.15, 0.2) is 23.2 Å². The lowest BCUT2D eigenvalue weighted by molar-refractivity contribution is -0.144. The fourth-order valence-corrected chi connectivity index (χ4v) is 10.4. The summed E-state index contributed by atoms with van der Waals surface area (Å²) >= 11 is 0. The van der Waals surface area contributed by atoms with E-state index in [0.717, 1.165) is 44.3 Å². The van der Waals surface area contributed by atoms with Gasteiger partial charge in [0.25, 0.3) is 10.0 Å². The SMILES string of the molecule is COC(=O)[C@@H](C)Cc1cccc(C2(C)CCCC(C)(C)NS(=O)(=O)/C=C\c3c(c(F)cc4c3ccn4S(=O)(=O)c3ccc(C)cc3)Oc3ccc(F)c(c3)-c3nc2nn3C)c1. The molecule has 1 unspecified atom stereocenters. The molecule has 4 aromatic carbocycles. The number of carbonyl (C=O) groups is 1. The fourth-order valence-electron chi connectivity index (χ4n) is 7.82. The molecule has 6 aromatic rings. The maximum Gasteiger partial charge on any atom is 0.308 e. The fraction of sp³-hybridized carbons (Fsp3) is 0.311. The zero-order chi connectivity index (χ0) is 44.1. The Balaban J connectivity index is 1.38. The molecule has 0 spiro atoms. The van der Waals surface area contributed by atoms with Gasteiger partial charge in [0.2, 0.25) is 10.0 Å². The van der Waals surface area contributed by atoms with Crippen LogP contribution in [0.2, 0.25) is 0 Å². The topological polar surface area (TPSA) is 151 Å². The maximum atomic E-state index is 16.5. The first-order valence-corrected chi connectivity index (χ1v) is 22.6. The number of halogens is 2. The van der Waals surface area contributed by atoms with Crippen molar-refractivity contribution in [2.75, 3.05) is 7.11 Å². The van der Waals surface area contributed by atoms with Crippen molar-refractivity contribution in [1.82, 2.24) is 23.5 Å². The molecule has 0 aliphatic carbocycles. The summed E-state index contributed by atoms with van der Waals surface area (Å²) in [5, 5.41) is 5.88. The molecule has 4 bridgehead atoms. The third-order valence-corrected chi connectivity index (χ3v) is 14.2. The highest BCUT2D eigenvalue weighted by atomic mass is 32.2. The molecule has 1 aliphatic heterocycles. The van der Waals surface area contributed by atoms with Crippen LogP contribution >= 0.6 is 0 Å². The molecule has 0 amide bonds. The van der Waals surface area contributed by atoms with E-state index in [1.165, 1.54) is 48.3 Å². The smallest absolute Gasteiger partial charge is 0.308 e. The van der Waals surface area contributed by atoms with Gasteiger partial charge in [-0.05, 0) is 101 Å². The van der Waals surface area contributed by atoms with Gasteiger partial charge in [-0.3, -0.25) is 4.79 Å². The van der Waals surface area contributed by atoms with Crippen molar-refractivity contribution >= 4 is 43.0 Å². The van der Waals surface area contributed by atoms with Gasteiger partial charge in [0, 0.05) is 41.2 Å². The van der Waals surface area contributed by atoms with Crippen molar-refractivity contribution in [3.05, 3.63) is 130 Å². The molecule has 0 saturated heterocycles. The third-order valence-electron chi connectivity index (χ3n) is 11.2. The van der Waals surface area contributed by atoms with Crippen LogP contribution in [0, 0.1) is 24.5 Å². The van der Waals surface area contributed by atoms with Crippen LogP contribution in [-0.4, -0.2) is 54.2 Å². The molecular formula is C45H47F2N5O7S2. The van der Waals surface area contributed by atoms with Gasteiger partial charge in [-0.1, -0.05) is 55.3 Å². The summed E-state index contributed by atoms with van der Waals surface area (Å²) in [6, 6.07) is 20.2. The van der Waals surface area contributed by atoms with Crippen molar-refractivity contribution in [2.45, 2.75) is 76.2 Å². The molecule has 0 saturated carbocycles. The molecule has 7 rings (SSSR count). The van der Waals surface area contributed by atoms with Crippen LogP contribution in [0.25, 0.3) is 28.4 Å². The first-order valence-electron chi connectivity index (χ1n) is 19.7. The normalized spacial score (nSPS) is 18.9. The van der Waals surface area contributed by atoms with Gasteiger partial charge in [0.05, 0.1) is 34.4 Å². The van der Waals surface area contributed by atoms with Crippen molar-refractivity contribution in [3.8, 4) is 22.9 Å². The maximum absolute atomic E-state index is 16.5. The van der Waals surface area contributed by atoms with E-state index in [-0.39, 0.29) is 44.5 Å². The van der Waals surface area contributed by atoms with Crippen LogP contribution in [0.15, 0.2) is 95.4 Å². The number of esters is 1. The highest BCUT2D eigenvalue weighted by Gasteiger charge is 2.36. The van der Waals surface area contributed by atoms with E-state index in [0.29, 0.717) is 31.5 Å². The van der Waals surface area contributed by atoms with Gasteiger partial charge in [-0.2, -0.15) is 5.10 Å². The van der Waals surface area contributed by atoms with Gasteiger partial charge in [0.1, 0.15) is 11.6 Å². The Morgan fingerprint density at radius 1 is 1.00 bits per heavy atom. The quantitative estimate of drug-likeness (QED) is 0.162. The molecule has 3 heterocycles. The highest BCUT2D eigenvalue weighted by molar-refractivity contribution is 7.92. The second kappa shape index (κ2) is 16.3. The summed E-state index contributed by atoms with van der Waals surface area (Å²) in [5.41, 5.74) is 0.590. The second-order valence-electron chi connectivity index (χ2n) is 16.4. The van der Waals surface area contributed by atoms with Gasteiger partial charge < -0.3 is 9.47 Å². The first kappa shape index (κ1) is 43.4. The number of ether oxygens (including phenoxy) is 2. The first-order chi connectivity index (χ1) is 28.7. The number of hydrogen-bond acceptors (Lipinski definition) is 9. The van der Waals surface area contributed by atoms with E-state index in [9.17, 15) is 21.6 Å². The van der Waals surface area contributed by atoms with Crippen molar-refractivity contribution in [1.29, 1.82) is 0 Å². The molecule has 0 fully saturated rings. The van der Waals surface area contributed by atoms with E-state index >= 15 is 8.78 Å². The monoisotopic (exact) mass is 871 g/mol. The molecular weight excluding hydrogens is 825 g/mol. The summed E-state index contributed by atoms with van der Waals surface area (Å²) in [7, 11) is -5.44. The minimum absolute atomic E-state index is 0.00436. The van der Waals surface area contributed by atoms with Crippen LogP contribution in [0.4, 0.5) is 8.78 Å². The molecule has 0 radical (unpaired) electrons. The summed E-state index contributed by atoms with van der Waals surface area (Å²) in [5.74, 6) is -2.28. The van der Waals surface area contributed by atoms with Gasteiger partial charge >= 0.3 is 5.97 Å². The number of sulfonamides is 1. The highest BCUT2D eigenvalue weighted by Crippen LogP contribution is 2.41. The number of aryl methyl sites for hydroxylation is 2. The molecule has 2 atom stereocenters. The number of hydrogen-bond donors (Lipinski definition) is 1. The average molecular weight is 872 g/mol. The van der Waals surface area contributed by atoms with Crippen LogP contribution in [0.3, 0.4) is 0 Å². The van der Waals surface area contributed by atoms with E-state index in [1.54, 1.807) is 40.0 Å². The lowest BCUT2D eigenvalue weighted by Gasteiger charge is -2.31. The number of nitrogens with one attached hydrogen (secondary N) is 1. The summed E-state index contributed by atoms with van der Waals surface area (Å²) < 4.78 is 104. The summed E-state index contributed by atoms with van der Waals surface area (Å²) in [4.78, 5) is 17.2. The lowest BCUT2D eigenvalue weighted by atomic mass is 9.75. The largest absolute Gasteiger partial charge is 0.469 e. The Morgan fingerprint density at radius 3 is 2.46 bits per heavy atom. The van der Waals surface area contributed by atoms with Gasteiger partial charge in [-0.15, -0.1) is 0 Å². The van der Waals surface area contributed by atoms with Crippen molar-refractivity contribution < 1.29 is 39.9 Å². The van der Waals surface area contributed by atoms with E-state index in [1.807, 2.05) is 38.1 Å². The number of methoxy groups -OCH3 is 1. The number of aromatic nitrogens is 4. The van der Waals surface area contributed by atoms with E-state index in [4.69, 9.17) is 19.6 Å². The molecule has 61 heavy (non-hydrogen) atoms. The van der Waals surface area contributed by atoms with E-state index in [2.05, 4.69) is 4.72 Å². The Bertz CT molecular complexity index is 2920. The van der Waals surface area contributed by atoms with Gasteiger partial charge in [-0.25, -0.2) is 44.0 Å². The summed E-state index contributed by atoms with van der Waals surface area (Å²) in [6.45, 7) is 9.08. The van der Waals surface area contributed by atoms with Crippen LogP contribution in [-0.2, 0) is 48.5 Å². The third kappa shape index (κ3) is 8.74. The lowest BCUT2D eigenvalue weighted by Crippen LogP contribution is -2.42. The molecule has 1 N–H and O–H groups in total. The minimum atomic E-state index is -4.22. The molecule has 16 heteroatoms. The number of rotatable bonds is 6. The Hall–Kier alpha value is -5.71. The molecule has 2 aromatic heterocycles. The molecule has 320 valence electrons. The van der Waals surface area contributed by atoms with Crippen molar-refractivity contribution in [2.24, 2.45) is 13.0 Å². The van der Waals surface area contributed by atoms with E-state index < -0.39 is 54.3 Å². The molecule has 1 aliphatic rings. The summed E-state index contributed by atoms with van der Waals surface area (Å²) in [6.07, 6.45) is 4.15. The van der Waals surface area contributed by atoms with Crippen LogP contribution < -0.4 is 9.46 Å². The predicted molar refractivity (Wildman–Crippen MR) is 229 cm³/mol. The minimum Gasteiger partial charge on any atom is -0.469 e. The van der Waals surface area contributed by atoms with Crippen LogP contribution in [0.5, 0.6) is 11.5 Å². The number of nitrogens with zero attached hydrogens (tertiary/aromatic N) is 4. The second-order valence-corrected chi connectivity index (χ2v) is 19.8. The number of carbonyl (C=O) groups excluding carboxylic acids is 1. The Kier molecular flexibility index (Phi) is 11.6. The zero-order valence-corrected chi connectivity index (χ0v) is 36.5. The zero-order valence-electron chi connectivity index (χ0n) is 34.9. The molecule has 12 nitrogen and oxygen atoms in total. The number of benzene rings is 4.